The van der Waals surface area contributed by atoms with E-state index in [1.54, 1.807) is 0 Å². The zero-order valence-corrected chi connectivity index (χ0v) is 14.3. The molecule has 0 N–H and O–H groups in total. The molecule has 1 aromatic heterocycles. The van der Waals surface area contributed by atoms with Crippen LogP contribution in [-0.2, 0) is 13.0 Å². The smallest absolute Gasteiger partial charge is 0.132 e. The van der Waals surface area contributed by atoms with Gasteiger partial charge in [-0.2, -0.15) is 0 Å². The van der Waals surface area contributed by atoms with Gasteiger partial charge in [-0.15, -0.1) is 0 Å². The summed E-state index contributed by atoms with van der Waals surface area (Å²) in [6.07, 6.45) is 2.77. The van der Waals surface area contributed by atoms with Crippen molar-refractivity contribution in [3.05, 3.63) is 54.0 Å². The number of piperazine rings is 1. The minimum absolute atomic E-state index is 0.446. The summed E-state index contributed by atoms with van der Waals surface area (Å²) in [5.74, 6) is 1.99. The second kappa shape index (κ2) is 7.09. The first kappa shape index (κ1) is 15.9. The van der Waals surface area contributed by atoms with Crippen LogP contribution in [0.3, 0.4) is 0 Å². The van der Waals surface area contributed by atoms with Crippen molar-refractivity contribution >= 4 is 5.82 Å². The summed E-state index contributed by atoms with van der Waals surface area (Å²) in [7, 11) is 0. The normalized spacial score (nSPS) is 22.3. The molecule has 2 heterocycles. The lowest BCUT2D eigenvalue weighted by molar-refractivity contribution is 0.191. The SMILES string of the molecule is CCc1nccc(N2[C@H](C)CN(Cc3ccccc3)C[C@@H]2C)n1. The maximum atomic E-state index is 4.72. The van der Waals surface area contributed by atoms with E-state index in [-0.39, 0.29) is 0 Å². The first-order valence-corrected chi connectivity index (χ1v) is 8.54. The molecule has 0 radical (unpaired) electrons. The van der Waals surface area contributed by atoms with Gasteiger partial charge in [0.2, 0.25) is 0 Å². The summed E-state index contributed by atoms with van der Waals surface area (Å²) in [6, 6.07) is 13.7. The van der Waals surface area contributed by atoms with E-state index in [0.29, 0.717) is 12.1 Å². The van der Waals surface area contributed by atoms with Gasteiger partial charge in [0, 0.05) is 44.3 Å². The van der Waals surface area contributed by atoms with Crippen LogP contribution in [0.25, 0.3) is 0 Å². The molecule has 1 fully saturated rings. The molecule has 2 aromatic rings. The van der Waals surface area contributed by atoms with Crippen molar-refractivity contribution in [3.63, 3.8) is 0 Å². The van der Waals surface area contributed by atoms with Gasteiger partial charge in [0.25, 0.3) is 0 Å². The van der Waals surface area contributed by atoms with Crippen molar-refractivity contribution in [1.82, 2.24) is 14.9 Å². The highest BCUT2D eigenvalue weighted by molar-refractivity contribution is 5.41. The van der Waals surface area contributed by atoms with Crippen molar-refractivity contribution in [1.29, 1.82) is 0 Å². The molecule has 1 aromatic carbocycles. The van der Waals surface area contributed by atoms with Crippen molar-refractivity contribution in [2.75, 3.05) is 18.0 Å². The molecular formula is C19H26N4. The van der Waals surface area contributed by atoms with E-state index in [4.69, 9.17) is 4.98 Å². The number of benzene rings is 1. The molecule has 0 unspecified atom stereocenters. The number of hydrogen-bond acceptors (Lipinski definition) is 4. The minimum Gasteiger partial charge on any atom is -0.349 e. The van der Waals surface area contributed by atoms with Crippen molar-refractivity contribution < 1.29 is 0 Å². The Hall–Kier alpha value is -1.94. The van der Waals surface area contributed by atoms with Crippen LogP contribution in [0, 0.1) is 0 Å². The van der Waals surface area contributed by atoms with Gasteiger partial charge < -0.3 is 4.90 Å². The predicted molar refractivity (Wildman–Crippen MR) is 94.5 cm³/mol. The Labute approximate surface area is 139 Å². The van der Waals surface area contributed by atoms with Crippen molar-refractivity contribution in [2.24, 2.45) is 0 Å². The Morgan fingerprint density at radius 3 is 2.39 bits per heavy atom. The number of hydrogen-bond donors (Lipinski definition) is 0. The van der Waals surface area contributed by atoms with E-state index in [2.05, 4.69) is 65.9 Å². The zero-order chi connectivity index (χ0) is 16.2. The third kappa shape index (κ3) is 3.70. The van der Waals surface area contributed by atoms with E-state index >= 15 is 0 Å². The summed E-state index contributed by atoms with van der Waals surface area (Å²) in [6.45, 7) is 9.83. The predicted octanol–water partition coefficient (Wildman–Crippen LogP) is 3.14. The van der Waals surface area contributed by atoms with Gasteiger partial charge in [-0.05, 0) is 25.5 Å². The summed E-state index contributed by atoms with van der Waals surface area (Å²) in [5.41, 5.74) is 1.38. The van der Waals surface area contributed by atoms with Crippen LogP contribution in [0.4, 0.5) is 5.82 Å². The fourth-order valence-electron chi connectivity index (χ4n) is 3.56. The molecule has 2 atom stereocenters. The molecule has 0 spiro atoms. The lowest BCUT2D eigenvalue weighted by Gasteiger charge is -2.45. The number of aromatic nitrogens is 2. The molecule has 1 saturated heterocycles. The van der Waals surface area contributed by atoms with Gasteiger partial charge in [0.05, 0.1) is 0 Å². The summed E-state index contributed by atoms with van der Waals surface area (Å²) in [5, 5.41) is 0. The van der Waals surface area contributed by atoms with E-state index in [0.717, 1.165) is 37.7 Å². The first-order valence-electron chi connectivity index (χ1n) is 8.54. The Morgan fingerprint density at radius 1 is 1.04 bits per heavy atom. The zero-order valence-electron chi connectivity index (χ0n) is 14.3. The molecule has 122 valence electrons. The highest BCUT2D eigenvalue weighted by Gasteiger charge is 2.30. The molecule has 4 heteroatoms. The van der Waals surface area contributed by atoms with Crippen LogP contribution in [0.15, 0.2) is 42.6 Å². The average molecular weight is 310 g/mol. The summed E-state index contributed by atoms with van der Waals surface area (Å²) in [4.78, 5) is 14.0. The maximum absolute atomic E-state index is 4.72. The van der Waals surface area contributed by atoms with Crippen LogP contribution in [0.1, 0.15) is 32.2 Å². The number of rotatable bonds is 4. The van der Waals surface area contributed by atoms with Crippen LogP contribution in [-0.4, -0.2) is 40.0 Å². The quantitative estimate of drug-likeness (QED) is 0.868. The van der Waals surface area contributed by atoms with Gasteiger partial charge in [-0.1, -0.05) is 37.3 Å². The lowest BCUT2D eigenvalue weighted by Crippen LogP contribution is -2.56. The van der Waals surface area contributed by atoms with Crippen LogP contribution >= 0.6 is 0 Å². The second-order valence-electron chi connectivity index (χ2n) is 6.47. The maximum Gasteiger partial charge on any atom is 0.132 e. The van der Waals surface area contributed by atoms with Crippen LogP contribution in [0.2, 0.25) is 0 Å². The molecule has 0 amide bonds. The Morgan fingerprint density at radius 2 is 1.74 bits per heavy atom. The summed E-state index contributed by atoms with van der Waals surface area (Å²) >= 11 is 0. The van der Waals surface area contributed by atoms with Gasteiger partial charge in [0.15, 0.2) is 0 Å². The topological polar surface area (TPSA) is 32.3 Å². The largest absolute Gasteiger partial charge is 0.349 e. The molecular weight excluding hydrogens is 284 g/mol. The number of nitrogens with zero attached hydrogens (tertiary/aromatic N) is 4. The molecule has 4 nitrogen and oxygen atoms in total. The van der Waals surface area contributed by atoms with Crippen molar-refractivity contribution in [3.8, 4) is 0 Å². The highest BCUT2D eigenvalue weighted by Crippen LogP contribution is 2.23. The Balaban J connectivity index is 1.72. The fourth-order valence-corrected chi connectivity index (χ4v) is 3.56. The lowest BCUT2D eigenvalue weighted by atomic mass is 10.1. The average Bonchev–Trinajstić information content (AvgIpc) is 2.55. The van der Waals surface area contributed by atoms with Gasteiger partial charge >= 0.3 is 0 Å². The minimum atomic E-state index is 0.446. The van der Waals surface area contributed by atoms with Crippen LogP contribution in [0.5, 0.6) is 0 Å². The van der Waals surface area contributed by atoms with Gasteiger partial charge in [0.1, 0.15) is 11.6 Å². The molecule has 0 bridgehead atoms. The van der Waals surface area contributed by atoms with E-state index < -0.39 is 0 Å². The number of anilines is 1. The summed E-state index contributed by atoms with van der Waals surface area (Å²) < 4.78 is 0. The molecule has 1 aliphatic heterocycles. The van der Waals surface area contributed by atoms with Crippen molar-refractivity contribution in [2.45, 2.75) is 45.8 Å². The first-order chi connectivity index (χ1) is 11.2. The van der Waals surface area contributed by atoms with Gasteiger partial charge in [-0.3, -0.25) is 4.90 Å². The van der Waals surface area contributed by atoms with E-state index in [1.807, 2.05) is 12.3 Å². The van der Waals surface area contributed by atoms with E-state index in [1.165, 1.54) is 5.56 Å². The Bertz CT molecular complexity index is 616. The molecule has 0 saturated carbocycles. The third-order valence-corrected chi connectivity index (χ3v) is 4.52. The molecule has 3 rings (SSSR count). The molecule has 0 aliphatic carbocycles. The third-order valence-electron chi connectivity index (χ3n) is 4.52. The number of aryl methyl sites for hydroxylation is 1. The van der Waals surface area contributed by atoms with Crippen LogP contribution < -0.4 is 4.90 Å². The highest BCUT2D eigenvalue weighted by atomic mass is 15.3. The van der Waals surface area contributed by atoms with Gasteiger partial charge in [-0.25, -0.2) is 9.97 Å². The Kier molecular flexibility index (Phi) is 4.91. The monoisotopic (exact) mass is 310 g/mol. The molecule has 23 heavy (non-hydrogen) atoms. The second-order valence-corrected chi connectivity index (χ2v) is 6.47. The van der Waals surface area contributed by atoms with E-state index in [9.17, 15) is 0 Å². The fraction of sp³-hybridized carbons (Fsp3) is 0.474. The standard InChI is InChI=1S/C19H26N4/c1-4-18-20-11-10-19(21-18)23-15(2)12-22(13-16(23)3)14-17-8-6-5-7-9-17/h5-11,15-16H,4,12-14H2,1-3H3/t15-,16+. The molecule has 1 aliphatic rings.